The summed E-state index contributed by atoms with van der Waals surface area (Å²) < 4.78 is 0. The molecule has 1 aromatic carbocycles. The molecule has 1 saturated heterocycles. The first kappa shape index (κ1) is 15.0. The summed E-state index contributed by atoms with van der Waals surface area (Å²) in [6, 6.07) is 10.0. The van der Waals surface area contributed by atoms with Crippen LogP contribution in [0.25, 0.3) is 0 Å². The monoisotopic (exact) mass is 275 g/mol. The largest absolute Gasteiger partial charge is 0.352 e. The fourth-order valence-corrected chi connectivity index (χ4v) is 2.93. The molecule has 3 N–H and O–H groups in total. The lowest BCUT2D eigenvalue weighted by molar-refractivity contribution is -0.123. The van der Waals surface area contributed by atoms with Gasteiger partial charge in [-0.3, -0.25) is 4.79 Å². The number of carbonyl (C=O) groups excluding carboxylic acids is 1. The summed E-state index contributed by atoms with van der Waals surface area (Å²) in [4.78, 5) is 14.8. The molecule has 0 bridgehead atoms. The van der Waals surface area contributed by atoms with Crippen LogP contribution in [-0.2, 0) is 4.79 Å². The van der Waals surface area contributed by atoms with Crippen LogP contribution in [0.5, 0.6) is 0 Å². The van der Waals surface area contributed by atoms with E-state index in [0.717, 1.165) is 25.1 Å². The Morgan fingerprint density at radius 2 is 2.15 bits per heavy atom. The number of likely N-dealkylation sites (tertiary alicyclic amines) is 1. The van der Waals surface area contributed by atoms with E-state index in [1.165, 1.54) is 0 Å². The zero-order chi connectivity index (χ0) is 14.5. The third-order valence-corrected chi connectivity index (χ3v) is 4.19. The van der Waals surface area contributed by atoms with Crippen LogP contribution in [0.15, 0.2) is 30.3 Å². The van der Waals surface area contributed by atoms with E-state index < -0.39 is 0 Å². The van der Waals surface area contributed by atoms with Gasteiger partial charge in [-0.1, -0.05) is 37.3 Å². The standard InChI is InChI=1S/C16H25N3O/c1-12-11-19(2)9-8-15(12)18-16(20)14(10-17)13-6-4-3-5-7-13/h3-7,12,14-15H,8-11,17H2,1-2H3,(H,18,20). The van der Waals surface area contributed by atoms with Crippen molar-refractivity contribution in [1.82, 2.24) is 10.2 Å². The molecule has 3 unspecified atom stereocenters. The predicted octanol–water partition coefficient (Wildman–Crippen LogP) is 1.19. The Kier molecular flexibility index (Phi) is 5.15. The number of benzene rings is 1. The van der Waals surface area contributed by atoms with E-state index in [-0.39, 0.29) is 17.9 Å². The molecule has 20 heavy (non-hydrogen) atoms. The molecule has 1 aromatic rings. The Morgan fingerprint density at radius 3 is 2.75 bits per heavy atom. The highest BCUT2D eigenvalue weighted by Gasteiger charge is 2.28. The SMILES string of the molecule is CC1CN(C)CCC1NC(=O)C(CN)c1ccccc1. The quantitative estimate of drug-likeness (QED) is 0.867. The molecule has 2 rings (SSSR count). The van der Waals surface area contributed by atoms with Gasteiger partial charge in [-0.25, -0.2) is 0 Å². The molecule has 0 radical (unpaired) electrons. The van der Waals surface area contributed by atoms with E-state index in [1.807, 2.05) is 30.3 Å². The van der Waals surface area contributed by atoms with Crippen molar-refractivity contribution in [3.05, 3.63) is 35.9 Å². The summed E-state index contributed by atoms with van der Waals surface area (Å²) in [7, 11) is 2.13. The lowest BCUT2D eigenvalue weighted by atomic mass is 9.92. The fraction of sp³-hybridized carbons (Fsp3) is 0.562. The topological polar surface area (TPSA) is 58.4 Å². The predicted molar refractivity (Wildman–Crippen MR) is 81.4 cm³/mol. The molecule has 4 heteroatoms. The first-order valence-electron chi connectivity index (χ1n) is 7.35. The van der Waals surface area contributed by atoms with E-state index in [1.54, 1.807) is 0 Å². The van der Waals surface area contributed by atoms with Gasteiger partial charge < -0.3 is 16.0 Å². The fourth-order valence-electron chi connectivity index (χ4n) is 2.93. The van der Waals surface area contributed by atoms with E-state index in [4.69, 9.17) is 5.73 Å². The molecule has 110 valence electrons. The molecular formula is C16H25N3O. The number of hydrogen-bond acceptors (Lipinski definition) is 3. The van der Waals surface area contributed by atoms with Crippen molar-refractivity contribution < 1.29 is 4.79 Å². The number of piperidine rings is 1. The van der Waals surface area contributed by atoms with Gasteiger partial charge >= 0.3 is 0 Å². The van der Waals surface area contributed by atoms with Gasteiger partial charge in [0.25, 0.3) is 0 Å². The van der Waals surface area contributed by atoms with Crippen LogP contribution in [0, 0.1) is 5.92 Å². The highest BCUT2D eigenvalue weighted by atomic mass is 16.2. The second-order valence-corrected chi connectivity index (χ2v) is 5.84. The minimum Gasteiger partial charge on any atom is -0.352 e. The zero-order valence-corrected chi connectivity index (χ0v) is 12.4. The number of nitrogens with zero attached hydrogens (tertiary/aromatic N) is 1. The molecule has 0 aliphatic carbocycles. The maximum absolute atomic E-state index is 12.5. The number of rotatable bonds is 4. The van der Waals surface area contributed by atoms with Gasteiger partial charge in [-0.05, 0) is 31.5 Å². The molecule has 0 spiro atoms. The van der Waals surface area contributed by atoms with Crippen LogP contribution in [-0.4, -0.2) is 43.5 Å². The maximum atomic E-state index is 12.5. The van der Waals surface area contributed by atoms with Crippen molar-refractivity contribution in [3.8, 4) is 0 Å². The van der Waals surface area contributed by atoms with E-state index in [9.17, 15) is 4.79 Å². The highest BCUT2D eigenvalue weighted by Crippen LogP contribution is 2.19. The van der Waals surface area contributed by atoms with Gasteiger partial charge in [0.2, 0.25) is 5.91 Å². The molecule has 1 amide bonds. The number of nitrogens with one attached hydrogen (secondary N) is 1. The number of hydrogen-bond donors (Lipinski definition) is 2. The van der Waals surface area contributed by atoms with Crippen LogP contribution < -0.4 is 11.1 Å². The van der Waals surface area contributed by atoms with E-state index >= 15 is 0 Å². The number of carbonyl (C=O) groups is 1. The molecule has 1 aliphatic heterocycles. The Morgan fingerprint density at radius 1 is 1.45 bits per heavy atom. The Labute approximate surface area is 121 Å². The third kappa shape index (κ3) is 3.58. The third-order valence-electron chi connectivity index (χ3n) is 4.19. The molecule has 1 heterocycles. The maximum Gasteiger partial charge on any atom is 0.229 e. The van der Waals surface area contributed by atoms with Gasteiger partial charge in [-0.15, -0.1) is 0 Å². The van der Waals surface area contributed by atoms with Crippen LogP contribution in [0.1, 0.15) is 24.8 Å². The molecule has 3 atom stereocenters. The van der Waals surface area contributed by atoms with Crippen LogP contribution in [0.2, 0.25) is 0 Å². The second-order valence-electron chi connectivity index (χ2n) is 5.84. The van der Waals surface area contributed by atoms with Crippen LogP contribution in [0.3, 0.4) is 0 Å². The van der Waals surface area contributed by atoms with Crippen molar-refractivity contribution in [3.63, 3.8) is 0 Å². The van der Waals surface area contributed by atoms with E-state index in [0.29, 0.717) is 12.5 Å². The first-order valence-corrected chi connectivity index (χ1v) is 7.35. The van der Waals surface area contributed by atoms with Gasteiger partial charge in [0, 0.05) is 19.1 Å². The number of amides is 1. The van der Waals surface area contributed by atoms with Gasteiger partial charge in [0.15, 0.2) is 0 Å². The van der Waals surface area contributed by atoms with Crippen molar-refractivity contribution in [2.75, 3.05) is 26.7 Å². The molecule has 0 aromatic heterocycles. The summed E-state index contributed by atoms with van der Waals surface area (Å²) in [6.45, 7) is 4.61. The molecule has 0 saturated carbocycles. The molecule has 4 nitrogen and oxygen atoms in total. The molecule has 1 fully saturated rings. The minimum absolute atomic E-state index is 0.0557. The Balaban J connectivity index is 1.99. The van der Waals surface area contributed by atoms with Crippen molar-refractivity contribution in [1.29, 1.82) is 0 Å². The van der Waals surface area contributed by atoms with Gasteiger partial charge in [0.05, 0.1) is 5.92 Å². The summed E-state index contributed by atoms with van der Waals surface area (Å²) in [5.41, 5.74) is 6.79. The second kappa shape index (κ2) is 6.86. The summed E-state index contributed by atoms with van der Waals surface area (Å²) >= 11 is 0. The van der Waals surface area contributed by atoms with Crippen LogP contribution >= 0.6 is 0 Å². The van der Waals surface area contributed by atoms with Gasteiger partial charge in [-0.2, -0.15) is 0 Å². The minimum atomic E-state index is -0.247. The average molecular weight is 275 g/mol. The Hall–Kier alpha value is -1.39. The summed E-state index contributed by atoms with van der Waals surface area (Å²) in [5, 5.41) is 3.19. The van der Waals surface area contributed by atoms with Crippen molar-refractivity contribution in [2.45, 2.75) is 25.3 Å². The van der Waals surface area contributed by atoms with Crippen LogP contribution in [0.4, 0.5) is 0 Å². The first-order chi connectivity index (χ1) is 9.61. The van der Waals surface area contributed by atoms with Gasteiger partial charge in [0.1, 0.15) is 0 Å². The number of nitrogens with two attached hydrogens (primary N) is 1. The summed E-state index contributed by atoms with van der Waals surface area (Å²) in [5.74, 6) is 0.287. The average Bonchev–Trinajstić information content (AvgIpc) is 2.44. The van der Waals surface area contributed by atoms with Crippen molar-refractivity contribution in [2.24, 2.45) is 11.7 Å². The van der Waals surface area contributed by atoms with Crippen molar-refractivity contribution >= 4 is 5.91 Å². The lowest BCUT2D eigenvalue weighted by Gasteiger charge is -2.35. The lowest BCUT2D eigenvalue weighted by Crippen LogP contribution is -2.50. The normalized spacial score (nSPS) is 25.1. The molecule has 1 aliphatic rings. The smallest absolute Gasteiger partial charge is 0.229 e. The zero-order valence-electron chi connectivity index (χ0n) is 12.4. The van der Waals surface area contributed by atoms with E-state index in [2.05, 4.69) is 24.2 Å². The Bertz CT molecular complexity index is 435. The highest BCUT2D eigenvalue weighted by molar-refractivity contribution is 5.84. The molecular weight excluding hydrogens is 250 g/mol. The summed E-state index contributed by atoms with van der Waals surface area (Å²) in [6.07, 6.45) is 1.01.